The molecule has 4 aromatic rings. The molecule has 27 heavy (non-hydrogen) atoms. The van der Waals surface area contributed by atoms with Crippen molar-refractivity contribution in [1.82, 2.24) is 29.0 Å². The van der Waals surface area contributed by atoms with E-state index in [2.05, 4.69) is 25.4 Å². The number of imidazole rings is 1. The van der Waals surface area contributed by atoms with Gasteiger partial charge in [0, 0.05) is 55.3 Å². The molecule has 1 fully saturated rings. The summed E-state index contributed by atoms with van der Waals surface area (Å²) in [5.74, 6) is 1.72. The largest absolute Gasteiger partial charge is 0.479 e. The minimum atomic E-state index is 0.317. The Morgan fingerprint density at radius 2 is 2.07 bits per heavy atom. The van der Waals surface area contributed by atoms with E-state index in [4.69, 9.17) is 9.47 Å². The monoisotopic (exact) mass is 365 g/mol. The van der Waals surface area contributed by atoms with Crippen molar-refractivity contribution in [3.63, 3.8) is 0 Å². The van der Waals surface area contributed by atoms with Gasteiger partial charge in [-0.3, -0.25) is 4.40 Å². The van der Waals surface area contributed by atoms with Gasteiger partial charge in [0.1, 0.15) is 5.52 Å². The van der Waals surface area contributed by atoms with Crippen LogP contribution in [0.25, 0.3) is 22.4 Å². The zero-order valence-electron chi connectivity index (χ0n) is 15.0. The van der Waals surface area contributed by atoms with Crippen LogP contribution in [-0.2, 0) is 4.74 Å². The molecular formula is C18H19N7O2. The van der Waals surface area contributed by atoms with Gasteiger partial charge in [0.15, 0.2) is 0 Å². The van der Waals surface area contributed by atoms with E-state index < -0.39 is 0 Å². The average molecular weight is 365 g/mol. The molecular weight excluding hydrogens is 346 g/mol. The summed E-state index contributed by atoms with van der Waals surface area (Å²) in [5.41, 5.74) is 2.69. The quantitative estimate of drug-likeness (QED) is 0.579. The van der Waals surface area contributed by atoms with Crippen LogP contribution in [0.4, 0.5) is 5.95 Å². The third-order valence-electron chi connectivity index (χ3n) is 4.99. The van der Waals surface area contributed by atoms with Crippen LogP contribution in [0, 0.1) is 0 Å². The number of rotatable bonds is 5. The molecule has 0 amide bonds. The van der Waals surface area contributed by atoms with Gasteiger partial charge in [-0.2, -0.15) is 4.98 Å². The van der Waals surface area contributed by atoms with Crippen LogP contribution in [-0.4, -0.2) is 55.3 Å². The molecule has 9 heteroatoms. The molecule has 0 saturated heterocycles. The lowest BCUT2D eigenvalue weighted by molar-refractivity contribution is 0.0326. The van der Waals surface area contributed by atoms with Gasteiger partial charge in [-0.05, 0) is 18.9 Å². The van der Waals surface area contributed by atoms with Crippen molar-refractivity contribution in [2.75, 3.05) is 19.5 Å². The van der Waals surface area contributed by atoms with Crippen LogP contribution < -0.4 is 10.1 Å². The van der Waals surface area contributed by atoms with Crippen molar-refractivity contribution < 1.29 is 9.47 Å². The average Bonchev–Trinajstić information content (AvgIpc) is 3.29. The number of ether oxygens (including phenoxy) is 2. The molecule has 0 aromatic carbocycles. The van der Waals surface area contributed by atoms with Crippen molar-refractivity contribution in [2.45, 2.75) is 25.0 Å². The maximum Gasteiger partial charge on any atom is 0.244 e. The fraction of sp³-hybridized carbons (Fsp3) is 0.333. The van der Waals surface area contributed by atoms with Gasteiger partial charge in [0.05, 0.1) is 13.2 Å². The van der Waals surface area contributed by atoms with Crippen LogP contribution in [0.5, 0.6) is 5.88 Å². The van der Waals surface area contributed by atoms with E-state index in [0.717, 1.165) is 29.5 Å². The molecule has 1 saturated carbocycles. The Morgan fingerprint density at radius 3 is 2.89 bits per heavy atom. The van der Waals surface area contributed by atoms with Gasteiger partial charge in [-0.15, -0.1) is 5.10 Å². The summed E-state index contributed by atoms with van der Waals surface area (Å²) in [5, 5.41) is 7.94. The fourth-order valence-corrected chi connectivity index (χ4v) is 3.44. The first-order valence-corrected chi connectivity index (χ1v) is 8.77. The lowest BCUT2D eigenvalue weighted by Crippen LogP contribution is -2.40. The van der Waals surface area contributed by atoms with Crippen molar-refractivity contribution in [1.29, 1.82) is 0 Å². The first-order chi connectivity index (χ1) is 13.2. The third kappa shape index (κ3) is 2.67. The number of hydrogen-bond donors (Lipinski definition) is 1. The highest BCUT2D eigenvalue weighted by Crippen LogP contribution is 2.32. The zero-order chi connectivity index (χ0) is 18.4. The number of aromatic nitrogens is 6. The molecule has 0 spiro atoms. The van der Waals surface area contributed by atoms with Gasteiger partial charge in [0.25, 0.3) is 0 Å². The van der Waals surface area contributed by atoms with E-state index >= 15 is 0 Å². The topological polar surface area (TPSA) is 90.9 Å². The molecule has 0 atom stereocenters. The van der Waals surface area contributed by atoms with Crippen molar-refractivity contribution in [3.8, 4) is 17.0 Å². The molecule has 4 heterocycles. The van der Waals surface area contributed by atoms with E-state index in [1.54, 1.807) is 31.1 Å². The summed E-state index contributed by atoms with van der Waals surface area (Å²) < 4.78 is 14.5. The normalized spacial score (nSPS) is 19.3. The Hall–Kier alpha value is -3.20. The third-order valence-corrected chi connectivity index (χ3v) is 4.99. The van der Waals surface area contributed by atoms with E-state index in [-0.39, 0.29) is 0 Å². The molecule has 9 nitrogen and oxygen atoms in total. The molecule has 1 aliphatic carbocycles. The number of methoxy groups -OCH3 is 2. The zero-order valence-corrected chi connectivity index (χ0v) is 15.0. The standard InChI is InChI=1S/C18H19N7O2/c1-26-13-7-12(8-13)21-17-22-16(27-2)15-14(3-5-25(15)23-17)11-9-20-18-19-4-6-24(18)10-11/h3-6,9-10,12-13H,7-8H2,1-2H3,(H,21,23). The second-order valence-electron chi connectivity index (χ2n) is 6.61. The maximum absolute atomic E-state index is 5.56. The van der Waals surface area contributed by atoms with Crippen molar-refractivity contribution in [2.24, 2.45) is 0 Å². The van der Waals surface area contributed by atoms with E-state index in [1.165, 1.54) is 0 Å². The van der Waals surface area contributed by atoms with Crippen LogP contribution in [0.15, 0.2) is 37.1 Å². The molecule has 5 rings (SSSR count). The summed E-state index contributed by atoms with van der Waals surface area (Å²) in [4.78, 5) is 13.1. The number of fused-ring (bicyclic) bond motifs is 2. The lowest BCUT2D eigenvalue weighted by Gasteiger charge is -2.34. The SMILES string of the molecule is COc1nc(NC2CC(OC)C2)nn2ccc(-c3cnc4nccn4c3)c12. The first-order valence-electron chi connectivity index (χ1n) is 8.77. The van der Waals surface area contributed by atoms with Crippen molar-refractivity contribution >= 4 is 17.2 Å². The van der Waals surface area contributed by atoms with Crippen LogP contribution in [0.1, 0.15) is 12.8 Å². The van der Waals surface area contributed by atoms with Crippen LogP contribution >= 0.6 is 0 Å². The first kappa shape index (κ1) is 16.0. The fourth-order valence-electron chi connectivity index (χ4n) is 3.44. The van der Waals surface area contributed by atoms with E-state index in [0.29, 0.717) is 29.8 Å². The molecule has 1 N–H and O–H groups in total. The minimum absolute atomic E-state index is 0.317. The Kier molecular flexibility index (Phi) is 3.68. The number of nitrogens with one attached hydrogen (secondary N) is 1. The second kappa shape index (κ2) is 6.20. The van der Waals surface area contributed by atoms with E-state index in [1.807, 2.05) is 29.1 Å². The Labute approximate surface area is 155 Å². The molecule has 0 bridgehead atoms. The second-order valence-corrected chi connectivity index (χ2v) is 6.61. The molecule has 0 unspecified atom stereocenters. The summed E-state index contributed by atoms with van der Waals surface area (Å²) in [6.07, 6.45) is 11.5. The predicted molar refractivity (Wildman–Crippen MR) is 99.0 cm³/mol. The summed E-state index contributed by atoms with van der Waals surface area (Å²) in [6, 6.07) is 2.31. The van der Waals surface area contributed by atoms with Gasteiger partial charge in [0.2, 0.25) is 17.6 Å². The Morgan fingerprint density at radius 1 is 1.19 bits per heavy atom. The number of nitrogens with zero attached hydrogens (tertiary/aromatic N) is 6. The van der Waals surface area contributed by atoms with Gasteiger partial charge in [-0.1, -0.05) is 0 Å². The highest BCUT2D eigenvalue weighted by molar-refractivity contribution is 5.84. The molecule has 1 aliphatic rings. The summed E-state index contributed by atoms with van der Waals surface area (Å²) in [6.45, 7) is 0. The van der Waals surface area contributed by atoms with Gasteiger partial charge >= 0.3 is 0 Å². The Balaban J connectivity index is 1.53. The number of anilines is 1. The van der Waals surface area contributed by atoms with E-state index in [9.17, 15) is 0 Å². The minimum Gasteiger partial charge on any atom is -0.479 e. The number of hydrogen-bond acceptors (Lipinski definition) is 7. The molecule has 4 aromatic heterocycles. The molecule has 138 valence electrons. The molecule has 0 radical (unpaired) electrons. The van der Waals surface area contributed by atoms with Crippen LogP contribution in [0.2, 0.25) is 0 Å². The van der Waals surface area contributed by atoms with Crippen LogP contribution in [0.3, 0.4) is 0 Å². The maximum atomic E-state index is 5.56. The highest BCUT2D eigenvalue weighted by Gasteiger charge is 2.29. The predicted octanol–water partition coefficient (Wildman–Crippen LogP) is 2.04. The summed E-state index contributed by atoms with van der Waals surface area (Å²) in [7, 11) is 3.36. The highest BCUT2D eigenvalue weighted by atomic mass is 16.5. The van der Waals surface area contributed by atoms with Gasteiger partial charge < -0.3 is 14.8 Å². The summed E-state index contributed by atoms with van der Waals surface area (Å²) >= 11 is 0. The Bertz CT molecular complexity index is 1110. The smallest absolute Gasteiger partial charge is 0.244 e. The molecule has 0 aliphatic heterocycles. The van der Waals surface area contributed by atoms with Crippen molar-refractivity contribution in [3.05, 3.63) is 37.1 Å². The van der Waals surface area contributed by atoms with Gasteiger partial charge in [-0.25, -0.2) is 14.5 Å². The lowest BCUT2D eigenvalue weighted by atomic mass is 9.89.